The van der Waals surface area contributed by atoms with Crippen LogP contribution in [0, 0.1) is 0 Å². The Kier molecular flexibility index (Phi) is 5.32. The fourth-order valence-corrected chi connectivity index (χ4v) is 1.72. The molecule has 94 valence electrons. The van der Waals surface area contributed by atoms with Gasteiger partial charge in [-0.25, -0.2) is 0 Å². The first-order valence-corrected chi connectivity index (χ1v) is 6.20. The highest BCUT2D eigenvalue weighted by Gasteiger charge is 2.13. The maximum atomic E-state index is 6.15. The quantitative estimate of drug-likeness (QED) is 0.768. The highest BCUT2D eigenvalue weighted by atomic mass is 14.7. The molecule has 3 atom stereocenters. The Balaban J connectivity index is 2.96. The molecule has 3 unspecified atom stereocenters. The lowest BCUT2D eigenvalue weighted by atomic mass is 9.95. The van der Waals surface area contributed by atoms with Gasteiger partial charge in [-0.2, -0.15) is 0 Å². The molecule has 1 aromatic rings. The lowest BCUT2D eigenvalue weighted by Gasteiger charge is -2.16. The van der Waals surface area contributed by atoms with E-state index in [1.165, 1.54) is 0 Å². The van der Waals surface area contributed by atoms with Crippen molar-refractivity contribution in [1.29, 1.82) is 0 Å². The average molecular weight is 233 g/mol. The van der Waals surface area contributed by atoms with E-state index in [1.807, 2.05) is 37.4 Å². The van der Waals surface area contributed by atoms with E-state index in [0.717, 1.165) is 17.7 Å². The average Bonchev–Trinajstić information content (AvgIpc) is 2.34. The van der Waals surface area contributed by atoms with E-state index in [4.69, 9.17) is 11.5 Å². The molecule has 1 aromatic heterocycles. The number of hydrogen-bond acceptors (Lipinski definition) is 3. The second kappa shape index (κ2) is 6.52. The molecular weight excluding hydrogens is 210 g/mol. The highest BCUT2D eigenvalue weighted by molar-refractivity contribution is 5.29. The number of hydrogen-bond donors (Lipinski definition) is 2. The summed E-state index contributed by atoms with van der Waals surface area (Å²) in [6, 6.07) is 3.88. The van der Waals surface area contributed by atoms with Gasteiger partial charge in [-0.05, 0) is 30.9 Å². The summed E-state index contributed by atoms with van der Waals surface area (Å²) in [5, 5.41) is 0. The molecule has 4 N–H and O–H groups in total. The van der Waals surface area contributed by atoms with E-state index >= 15 is 0 Å². The first-order valence-electron chi connectivity index (χ1n) is 6.20. The Morgan fingerprint density at radius 2 is 2.00 bits per heavy atom. The third kappa shape index (κ3) is 3.95. The van der Waals surface area contributed by atoms with Gasteiger partial charge < -0.3 is 11.5 Å². The van der Waals surface area contributed by atoms with Crippen LogP contribution in [-0.2, 0) is 0 Å². The van der Waals surface area contributed by atoms with Crippen molar-refractivity contribution in [1.82, 2.24) is 4.98 Å². The molecular formula is C14H23N3. The summed E-state index contributed by atoms with van der Waals surface area (Å²) in [4.78, 5) is 4.45. The monoisotopic (exact) mass is 233 g/mol. The van der Waals surface area contributed by atoms with Gasteiger partial charge in [-0.15, -0.1) is 0 Å². The predicted molar refractivity (Wildman–Crippen MR) is 72.7 cm³/mol. The molecule has 1 rings (SSSR count). The molecule has 0 saturated heterocycles. The summed E-state index contributed by atoms with van der Waals surface area (Å²) in [7, 11) is 0. The largest absolute Gasteiger partial charge is 0.325 e. The van der Waals surface area contributed by atoms with Crippen LogP contribution < -0.4 is 11.5 Å². The van der Waals surface area contributed by atoms with Crippen LogP contribution in [0.15, 0.2) is 30.5 Å². The Bertz CT molecular complexity index is 371. The van der Waals surface area contributed by atoms with Crippen molar-refractivity contribution in [3.05, 3.63) is 41.7 Å². The van der Waals surface area contributed by atoms with Crippen LogP contribution >= 0.6 is 0 Å². The molecule has 0 bridgehead atoms. The standard InChI is InChI=1S/C14H23N3/c1-4-10(2)14-12(6-5-9-17-14)13(16)8-7-11(3)15/h5-11,13H,4,15-16H2,1-3H3/b8-7-. The molecule has 3 heteroatoms. The molecule has 0 saturated carbocycles. The van der Waals surface area contributed by atoms with Gasteiger partial charge in [0, 0.05) is 24.0 Å². The third-order valence-electron chi connectivity index (χ3n) is 2.93. The summed E-state index contributed by atoms with van der Waals surface area (Å²) in [5.41, 5.74) is 14.0. The van der Waals surface area contributed by atoms with Gasteiger partial charge in [0.05, 0.1) is 0 Å². The zero-order valence-corrected chi connectivity index (χ0v) is 10.9. The van der Waals surface area contributed by atoms with Crippen molar-refractivity contribution in [3.63, 3.8) is 0 Å². The van der Waals surface area contributed by atoms with Gasteiger partial charge in [0.15, 0.2) is 0 Å². The van der Waals surface area contributed by atoms with Gasteiger partial charge in [0.25, 0.3) is 0 Å². The molecule has 0 radical (unpaired) electrons. The summed E-state index contributed by atoms with van der Waals surface area (Å²) >= 11 is 0. The zero-order valence-electron chi connectivity index (χ0n) is 10.9. The van der Waals surface area contributed by atoms with Gasteiger partial charge in [-0.1, -0.05) is 32.1 Å². The van der Waals surface area contributed by atoms with E-state index in [2.05, 4.69) is 18.8 Å². The van der Waals surface area contributed by atoms with Crippen molar-refractivity contribution in [2.45, 2.75) is 45.2 Å². The van der Waals surface area contributed by atoms with Crippen molar-refractivity contribution in [2.24, 2.45) is 11.5 Å². The Morgan fingerprint density at radius 3 is 2.59 bits per heavy atom. The summed E-state index contributed by atoms with van der Waals surface area (Å²) < 4.78 is 0. The number of nitrogens with two attached hydrogens (primary N) is 2. The minimum atomic E-state index is -0.126. The molecule has 3 nitrogen and oxygen atoms in total. The van der Waals surface area contributed by atoms with Crippen LogP contribution in [0.1, 0.15) is 50.4 Å². The number of pyridine rings is 1. The first kappa shape index (κ1) is 13.9. The first-order chi connectivity index (χ1) is 8.06. The Morgan fingerprint density at radius 1 is 1.29 bits per heavy atom. The lowest BCUT2D eigenvalue weighted by Crippen LogP contribution is -2.15. The SMILES string of the molecule is CCC(C)c1ncccc1C(N)/C=C\C(C)N. The van der Waals surface area contributed by atoms with Crippen LogP contribution in [-0.4, -0.2) is 11.0 Å². The molecule has 0 fully saturated rings. The molecule has 17 heavy (non-hydrogen) atoms. The van der Waals surface area contributed by atoms with E-state index in [-0.39, 0.29) is 12.1 Å². The van der Waals surface area contributed by atoms with Gasteiger partial charge in [0.1, 0.15) is 0 Å². The van der Waals surface area contributed by atoms with Crippen LogP contribution in [0.5, 0.6) is 0 Å². The van der Waals surface area contributed by atoms with E-state index in [1.54, 1.807) is 0 Å². The molecule has 0 amide bonds. The van der Waals surface area contributed by atoms with Crippen molar-refractivity contribution in [2.75, 3.05) is 0 Å². The lowest BCUT2D eigenvalue weighted by molar-refractivity contribution is 0.685. The highest BCUT2D eigenvalue weighted by Crippen LogP contribution is 2.24. The van der Waals surface area contributed by atoms with Crippen LogP contribution in [0.3, 0.4) is 0 Å². The second-order valence-electron chi connectivity index (χ2n) is 4.56. The van der Waals surface area contributed by atoms with Crippen LogP contribution in [0.25, 0.3) is 0 Å². The minimum Gasteiger partial charge on any atom is -0.325 e. The fraction of sp³-hybridized carbons (Fsp3) is 0.500. The number of aromatic nitrogens is 1. The van der Waals surface area contributed by atoms with Crippen molar-refractivity contribution in [3.8, 4) is 0 Å². The Labute approximate surface area is 104 Å². The topological polar surface area (TPSA) is 64.9 Å². The zero-order chi connectivity index (χ0) is 12.8. The third-order valence-corrected chi connectivity index (χ3v) is 2.93. The van der Waals surface area contributed by atoms with Gasteiger partial charge >= 0.3 is 0 Å². The van der Waals surface area contributed by atoms with E-state index in [9.17, 15) is 0 Å². The van der Waals surface area contributed by atoms with Gasteiger partial charge in [-0.3, -0.25) is 4.98 Å². The van der Waals surface area contributed by atoms with Crippen molar-refractivity contribution < 1.29 is 0 Å². The molecule has 0 aliphatic carbocycles. The molecule has 0 aromatic carbocycles. The maximum Gasteiger partial charge on any atom is 0.0500 e. The summed E-state index contributed by atoms with van der Waals surface area (Å²) in [5.74, 6) is 0.431. The normalized spacial score (nSPS) is 17.0. The van der Waals surface area contributed by atoms with Crippen LogP contribution in [0.2, 0.25) is 0 Å². The van der Waals surface area contributed by atoms with E-state index < -0.39 is 0 Å². The summed E-state index contributed by atoms with van der Waals surface area (Å²) in [6.45, 7) is 6.27. The molecule has 0 aliphatic heterocycles. The maximum absolute atomic E-state index is 6.15. The second-order valence-corrected chi connectivity index (χ2v) is 4.56. The molecule has 0 aliphatic rings. The number of nitrogens with zero attached hydrogens (tertiary/aromatic N) is 1. The Hall–Kier alpha value is -1.19. The van der Waals surface area contributed by atoms with Crippen LogP contribution in [0.4, 0.5) is 0 Å². The van der Waals surface area contributed by atoms with Gasteiger partial charge in [0.2, 0.25) is 0 Å². The predicted octanol–water partition coefficient (Wildman–Crippen LogP) is 2.50. The number of rotatable bonds is 5. The molecule has 0 spiro atoms. The van der Waals surface area contributed by atoms with Crippen molar-refractivity contribution >= 4 is 0 Å². The fourth-order valence-electron chi connectivity index (χ4n) is 1.72. The summed E-state index contributed by atoms with van der Waals surface area (Å²) in [6.07, 6.45) is 6.77. The minimum absolute atomic E-state index is 0.0322. The van der Waals surface area contributed by atoms with E-state index in [0.29, 0.717) is 5.92 Å². The molecule has 1 heterocycles. The smallest absolute Gasteiger partial charge is 0.0500 e.